The van der Waals surface area contributed by atoms with Crippen molar-refractivity contribution in [2.24, 2.45) is 5.41 Å². The quantitative estimate of drug-likeness (QED) is 0.546. The average molecular weight is 440 g/mol. The number of carboxylic acids is 1. The molecule has 1 aromatic heterocycles. The maximum absolute atomic E-state index is 14.3. The van der Waals surface area contributed by atoms with E-state index >= 15 is 0 Å². The van der Waals surface area contributed by atoms with E-state index in [2.05, 4.69) is 9.88 Å². The highest BCUT2D eigenvalue weighted by atomic mass is 19.3. The first-order valence-electron chi connectivity index (χ1n) is 10.8. The van der Waals surface area contributed by atoms with Crippen LogP contribution in [0.25, 0.3) is 10.9 Å². The van der Waals surface area contributed by atoms with Gasteiger partial charge in [-0.2, -0.15) is 0 Å². The number of aryl methyl sites for hydroxylation is 1. The summed E-state index contributed by atoms with van der Waals surface area (Å²) in [4.78, 5) is 16.8. The van der Waals surface area contributed by atoms with Crippen molar-refractivity contribution in [3.63, 3.8) is 0 Å². The molecular formula is C25H26F2N2O3. The number of methoxy groups -OCH3 is 1. The number of hydrogen-bond acceptors (Lipinski definition) is 3. The maximum atomic E-state index is 14.3. The van der Waals surface area contributed by atoms with Crippen LogP contribution in [0.4, 0.5) is 8.78 Å². The van der Waals surface area contributed by atoms with Crippen LogP contribution in [-0.4, -0.2) is 40.5 Å². The predicted octanol–water partition coefficient (Wildman–Crippen LogP) is 5.55. The number of nitrogens with zero attached hydrogens (tertiary/aromatic N) is 1. The monoisotopic (exact) mass is 440 g/mol. The van der Waals surface area contributed by atoms with Crippen molar-refractivity contribution in [1.29, 1.82) is 0 Å². The second-order valence-corrected chi connectivity index (χ2v) is 9.17. The summed E-state index contributed by atoms with van der Waals surface area (Å²) in [5.74, 6) is -2.83. The molecule has 3 aromatic rings. The van der Waals surface area contributed by atoms with E-state index in [1.54, 1.807) is 31.4 Å². The predicted molar refractivity (Wildman–Crippen MR) is 117 cm³/mol. The molecule has 1 unspecified atom stereocenters. The molecule has 5 nitrogen and oxygen atoms in total. The number of aromatic carboxylic acids is 1. The van der Waals surface area contributed by atoms with Crippen molar-refractivity contribution in [2.45, 2.75) is 44.7 Å². The lowest BCUT2D eigenvalue weighted by Crippen LogP contribution is -2.39. The van der Waals surface area contributed by atoms with Gasteiger partial charge >= 0.3 is 5.97 Å². The van der Waals surface area contributed by atoms with Crippen molar-refractivity contribution in [3.05, 3.63) is 64.8 Å². The first-order chi connectivity index (χ1) is 15.2. The summed E-state index contributed by atoms with van der Waals surface area (Å²) in [7, 11) is 1.65. The van der Waals surface area contributed by atoms with E-state index in [1.807, 2.05) is 25.3 Å². The largest absolute Gasteiger partial charge is 0.496 e. The van der Waals surface area contributed by atoms with E-state index in [4.69, 9.17) is 4.74 Å². The van der Waals surface area contributed by atoms with Gasteiger partial charge in [0.05, 0.1) is 12.7 Å². The number of ether oxygens (including phenoxy) is 1. The lowest BCUT2D eigenvalue weighted by molar-refractivity contribution is 0.00632. The number of fused-ring (bicyclic) bond motifs is 1. The van der Waals surface area contributed by atoms with Crippen LogP contribution >= 0.6 is 0 Å². The van der Waals surface area contributed by atoms with Crippen LogP contribution in [-0.2, 0) is 6.54 Å². The molecule has 2 heterocycles. The first kappa shape index (κ1) is 20.9. The first-order valence-corrected chi connectivity index (χ1v) is 10.8. The molecule has 0 radical (unpaired) electrons. The normalized spacial score (nSPS) is 24.7. The zero-order valence-corrected chi connectivity index (χ0v) is 18.1. The number of aromatic nitrogens is 1. The third kappa shape index (κ3) is 3.26. The summed E-state index contributed by atoms with van der Waals surface area (Å²) in [6, 6.07) is 10.4. The molecule has 0 amide bonds. The number of benzene rings is 2. The number of rotatable bonds is 5. The fraction of sp³-hybridized carbons (Fsp3) is 0.400. The van der Waals surface area contributed by atoms with Crippen LogP contribution < -0.4 is 4.74 Å². The number of carboxylic acid groups (broad SMARTS) is 1. The summed E-state index contributed by atoms with van der Waals surface area (Å²) in [6.07, 6.45) is 2.65. The van der Waals surface area contributed by atoms with Crippen LogP contribution in [0.3, 0.4) is 0 Å². The minimum atomic E-state index is -2.62. The molecule has 32 heavy (non-hydrogen) atoms. The van der Waals surface area contributed by atoms with Crippen molar-refractivity contribution in [3.8, 4) is 5.75 Å². The Morgan fingerprint density at radius 1 is 1.28 bits per heavy atom. The zero-order chi connectivity index (χ0) is 22.7. The van der Waals surface area contributed by atoms with E-state index in [0.29, 0.717) is 25.9 Å². The molecule has 7 heteroatoms. The number of halogens is 2. The number of hydrogen-bond donors (Lipinski definition) is 2. The van der Waals surface area contributed by atoms with Crippen molar-refractivity contribution in [1.82, 2.24) is 9.88 Å². The lowest BCUT2D eigenvalue weighted by atomic mass is 9.83. The molecule has 2 aliphatic rings. The summed E-state index contributed by atoms with van der Waals surface area (Å²) in [6.45, 7) is 3.13. The van der Waals surface area contributed by atoms with Gasteiger partial charge in [-0.1, -0.05) is 12.1 Å². The van der Waals surface area contributed by atoms with Crippen LogP contribution in [0, 0.1) is 12.3 Å². The summed E-state index contributed by atoms with van der Waals surface area (Å²) in [5.41, 5.74) is 3.28. The number of alkyl halides is 2. The zero-order valence-electron chi connectivity index (χ0n) is 18.1. The second-order valence-electron chi connectivity index (χ2n) is 9.17. The van der Waals surface area contributed by atoms with Crippen LogP contribution in [0.2, 0.25) is 0 Å². The summed E-state index contributed by atoms with van der Waals surface area (Å²) in [5, 5.41) is 10.3. The van der Waals surface area contributed by atoms with Crippen molar-refractivity contribution >= 4 is 16.9 Å². The molecular weight excluding hydrogens is 414 g/mol. The Kier molecular flexibility index (Phi) is 4.78. The van der Waals surface area contributed by atoms with E-state index in [-0.39, 0.29) is 18.0 Å². The molecule has 2 aromatic carbocycles. The average Bonchev–Trinajstić information content (AvgIpc) is 3.09. The standard InChI is InChI=1S/C25H26F2N2O3/c1-15-11-21(32-2)19(18-7-9-28-22(15)18)13-29-10-8-24(14-25(24,26)27)12-20(29)16-3-5-17(6-4-16)23(30)31/h3-7,9,11,20,28H,8,10,12-14H2,1-2H3,(H,30,31)/t20-,24?/m1/s1. The van der Waals surface area contributed by atoms with Crippen molar-refractivity contribution < 1.29 is 23.4 Å². The fourth-order valence-electron chi connectivity index (χ4n) is 5.34. The molecule has 2 atom stereocenters. The highest BCUT2D eigenvalue weighted by molar-refractivity contribution is 5.88. The Labute approximate surface area is 185 Å². The third-order valence-corrected chi connectivity index (χ3v) is 7.35. The fourth-order valence-corrected chi connectivity index (χ4v) is 5.34. The van der Waals surface area contributed by atoms with Gasteiger partial charge in [-0.3, -0.25) is 4.90 Å². The van der Waals surface area contributed by atoms with Gasteiger partial charge < -0.3 is 14.8 Å². The molecule has 1 spiro atoms. The van der Waals surface area contributed by atoms with Crippen LogP contribution in [0.15, 0.2) is 42.6 Å². The van der Waals surface area contributed by atoms with Crippen LogP contribution in [0.5, 0.6) is 5.75 Å². The molecule has 1 saturated heterocycles. The minimum Gasteiger partial charge on any atom is -0.496 e. The SMILES string of the molecule is COc1cc(C)c2[nH]ccc2c1CN1CCC2(C[C@@H]1c1ccc(C(=O)O)cc1)CC2(F)F. The van der Waals surface area contributed by atoms with Gasteiger partial charge in [-0.25, -0.2) is 13.6 Å². The van der Waals surface area contributed by atoms with Gasteiger partial charge in [0.1, 0.15) is 5.75 Å². The molecule has 168 valence electrons. The Balaban J connectivity index is 1.52. The number of aromatic amines is 1. The Bertz CT molecular complexity index is 1190. The number of nitrogens with one attached hydrogen (secondary N) is 1. The van der Waals surface area contributed by atoms with Gasteiger partial charge in [0, 0.05) is 47.1 Å². The van der Waals surface area contributed by atoms with E-state index in [9.17, 15) is 18.7 Å². The summed E-state index contributed by atoms with van der Waals surface area (Å²) < 4.78 is 34.3. The van der Waals surface area contributed by atoms with Gasteiger partial charge in [0.2, 0.25) is 0 Å². The molecule has 2 N–H and O–H groups in total. The minimum absolute atomic E-state index is 0.0620. The molecule has 2 fully saturated rings. The van der Waals surface area contributed by atoms with E-state index < -0.39 is 17.3 Å². The second kappa shape index (κ2) is 7.30. The highest BCUT2D eigenvalue weighted by Crippen LogP contribution is 2.68. The summed E-state index contributed by atoms with van der Waals surface area (Å²) >= 11 is 0. The highest BCUT2D eigenvalue weighted by Gasteiger charge is 2.71. The smallest absolute Gasteiger partial charge is 0.335 e. The lowest BCUT2D eigenvalue weighted by Gasteiger charge is -2.40. The molecule has 0 bridgehead atoms. The Morgan fingerprint density at radius 3 is 2.62 bits per heavy atom. The topological polar surface area (TPSA) is 65.6 Å². The number of likely N-dealkylation sites (tertiary alicyclic amines) is 1. The van der Waals surface area contributed by atoms with Gasteiger partial charge in [0.15, 0.2) is 0 Å². The Hall–Kier alpha value is -2.93. The maximum Gasteiger partial charge on any atom is 0.335 e. The van der Waals surface area contributed by atoms with Crippen molar-refractivity contribution in [2.75, 3.05) is 13.7 Å². The number of H-pyrrole nitrogens is 1. The van der Waals surface area contributed by atoms with Gasteiger partial charge in [0.25, 0.3) is 5.92 Å². The van der Waals surface area contributed by atoms with Crippen LogP contribution in [0.1, 0.15) is 52.4 Å². The van der Waals surface area contributed by atoms with Gasteiger partial charge in [-0.15, -0.1) is 0 Å². The van der Waals surface area contributed by atoms with E-state index in [1.165, 1.54) is 0 Å². The van der Waals surface area contributed by atoms with E-state index in [0.717, 1.165) is 33.3 Å². The molecule has 5 rings (SSSR count). The number of piperidine rings is 1. The molecule has 1 aliphatic heterocycles. The molecule has 1 aliphatic carbocycles. The Morgan fingerprint density at radius 2 is 2.00 bits per heavy atom. The molecule has 1 saturated carbocycles. The third-order valence-electron chi connectivity index (χ3n) is 7.35. The number of carbonyl (C=O) groups is 1. The van der Waals surface area contributed by atoms with Gasteiger partial charge in [-0.05, 0) is 61.7 Å².